The van der Waals surface area contributed by atoms with E-state index in [0.717, 1.165) is 0 Å². The molecule has 0 saturated carbocycles. The summed E-state index contributed by atoms with van der Waals surface area (Å²) in [6.07, 6.45) is -8.16. The van der Waals surface area contributed by atoms with Crippen LogP contribution in [0.3, 0.4) is 0 Å². The lowest BCUT2D eigenvalue weighted by atomic mass is 9.99. The Hall–Kier alpha value is -0.770. The Morgan fingerprint density at radius 1 is 1.21 bits per heavy atom. The second kappa shape index (κ2) is 4.17. The van der Waals surface area contributed by atoms with E-state index in [0.29, 0.717) is 0 Å². The third-order valence-electron chi connectivity index (χ3n) is 1.95. The lowest BCUT2D eigenvalue weighted by Gasteiger charge is -2.37. The first-order valence-electron chi connectivity index (χ1n) is 3.77. The van der Waals surface area contributed by atoms with Gasteiger partial charge < -0.3 is 25.2 Å². The molecule has 1 rings (SSSR count). The van der Waals surface area contributed by atoms with Crippen molar-refractivity contribution in [1.82, 2.24) is 0 Å². The zero-order chi connectivity index (χ0) is 10.9. The molecule has 0 bridgehead atoms. The molecule has 5 atom stereocenters. The van der Waals surface area contributed by atoms with E-state index < -0.39 is 36.7 Å². The first-order valence-corrected chi connectivity index (χ1v) is 3.77. The van der Waals surface area contributed by atoms with Crippen molar-refractivity contribution in [3.63, 3.8) is 0 Å². The Kier molecular flexibility index (Phi) is 3.37. The van der Waals surface area contributed by atoms with Crippen LogP contribution in [0.25, 0.3) is 0 Å². The van der Waals surface area contributed by atoms with E-state index in [1.54, 1.807) is 0 Å². The van der Waals surface area contributed by atoms with Crippen molar-refractivity contribution in [1.29, 1.82) is 0 Å². The molecule has 1 saturated heterocycles. The fraction of sp³-hybridized carbons (Fsp3) is 0.833. The van der Waals surface area contributed by atoms with E-state index in [9.17, 15) is 20.1 Å². The molecule has 1 heterocycles. The summed E-state index contributed by atoms with van der Waals surface area (Å²) < 4.78 is 4.59. The van der Waals surface area contributed by atoms with Crippen molar-refractivity contribution in [2.75, 3.05) is 0 Å². The first-order chi connectivity index (χ1) is 6.49. The van der Waals surface area contributed by atoms with Crippen LogP contribution in [0, 0.1) is 0 Å². The van der Waals surface area contributed by atoms with Crippen molar-refractivity contribution in [3.05, 3.63) is 0 Å². The molecule has 1 aliphatic heterocycles. The van der Waals surface area contributed by atoms with Crippen LogP contribution in [0.5, 0.6) is 0 Å². The van der Waals surface area contributed by atoms with Gasteiger partial charge >= 0.3 is 5.97 Å². The van der Waals surface area contributed by atoms with E-state index in [2.05, 4.69) is 9.57 Å². The fourth-order valence-electron chi connectivity index (χ4n) is 1.16. The molecule has 6 N–H and O–H groups in total. The van der Waals surface area contributed by atoms with Gasteiger partial charge in [-0.15, -0.1) is 0 Å². The Morgan fingerprint density at radius 3 is 2.21 bits per heavy atom. The summed E-state index contributed by atoms with van der Waals surface area (Å²) in [4.78, 5) is 14.6. The molecule has 0 spiro atoms. The van der Waals surface area contributed by atoms with Crippen LogP contribution < -0.4 is 5.90 Å². The van der Waals surface area contributed by atoms with Crippen LogP contribution in [0.15, 0.2) is 0 Å². The second-order valence-electron chi connectivity index (χ2n) is 2.87. The van der Waals surface area contributed by atoms with Gasteiger partial charge in [-0.2, -0.15) is 0 Å². The molecular weight excluding hydrogens is 198 g/mol. The zero-order valence-corrected chi connectivity index (χ0v) is 6.98. The number of aliphatic carboxylic acids is 1. The molecule has 0 unspecified atom stereocenters. The van der Waals surface area contributed by atoms with Gasteiger partial charge in [0.1, 0.15) is 18.3 Å². The lowest BCUT2D eigenvalue weighted by Crippen LogP contribution is -2.60. The number of aliphatic hydroxyl groups excluding tert-OH is 3. The van der Waals surface area contributed by atoms with E-state index in [1.807, 2.05) is 0 Å². The van der Waals surface area contributed by atoms with E-state index >= 15 is 0 Å². The van der Waals surface area contributed by atoms with Gasteiger partial charge in [-0.05, 0) is 0 Å². The predicted molar refractivity (Wildman–Crippen MR) is 39.6 cm³/mol. The zero-order valence-electron chi connectivity index (χ0n) is 6.98. The molecule has 1 fully saturated rings. The standard InChI is InChI=1S/C6H11NO7/c7-14-6-3(10)1(8)2(9)4(13-6)5(11)12/h1-4,6,8-10H,7H2,(H,11,12)/t1-,2-,3+,4-,6-/m0/s1. The van der Waals surface area contributed by atoms with Gasteiger partial charge in [0.15, 0.2) is 6.10 Å². The maximum Gasteiger partial charge on any atom is 0.335 e. The molecule has 0 aliphatic carbocycles. The summed E-state index contributed by atoms with van der Waals surface area (Å²) in [5.41, 5.74) is 0. The second-order valence-corrected chi connectivity index (χ2v) is 2.87. The van der Waals surface area contributed by atoms with Crippen LogP contribution in [-0.4, -0.2) is 57.1 Å². The highest BCUT2D eigenvalue weighted by molar-refractivity contribution is 5.73. The van der Waals surface area contributed by atoms with Crippen LogP contribution in [0.2, 0.25) is 0 Å². The monoisotopic (exact) mass is 209 g/mol. The summed E-state index contributed by atoms with van der Waals surface area (Å²) in [7, 11) is 0. The van der Waals surface area contributed by atoms with E-state index in [1.165, 1.54) is 0 Å². The molecular formula is C6H11NO7. The summed E-state index contributed by atoms with van der Waals surface area (Å²) in [5, 5.41) is 36.1. The Morgan fingerprint density at radius 2 is 1.79 bits per heavy atom. The van der Waals surface area contributed by atoms with Crippen LogP contribution in [0.4, 0.5) is 0 Å². The summed E-state index contributed by atoms with van der Waals surface area (Å²) in [6, 6.07) is 0. The van der Waals surface area contributed by atoms with Gasteiger partial charge in [-0.3, -0.25) is 4.84 Å². The summed E-state index contributed by atoms with van der Waals surface area (Å²) >= 11 is 0. The number of nitrogens with two attached hydrogens (primary N) is 1. The highest BCUT2D eigenvalue weighted by Crippen LogP contribution is 2.21. The Labute approximate surface area is 78.4 Å². The van der Waals surface area contributed by atoms with Crippen LogP contribution in [-0.2, 0) is 14.4 Å². The minimum absolute atomic E-state index is 1.48. The predicted octanol–water partition coefficient (Wildman–Crippen LogP) is -3.23. The molecule has 0 radical (unpaired) electrons. The average molecular weight is 209 g/mol. The highest BCUT2D eigenvalue weighted by atomic mass is 16.8. The SMILES string of the molecule is NO[C@@H]1O[C@H](C(=O)O)[C@@H](O)[C@H](O)[C@H]1O. The van der Waals surface area contributed by atoms with E-state index in [-0.39, 0.29) is 0 Å². The summed E-state index contributed by atoms with van der Waals surface area (Å²) in [6.45, 7) is 0. The number of ether oxygens (including phenoxy) is 1. The number of rotatable bonds is 2. The van der Waals surface area contributed by atoms with Crippen molar-refractivity contribution in [3.8, 4) is 0 Å². The average Bonchev–Trinajstić information content (AvgIpc) is 2.14. The minimum Gasteiger partial charge on any atom is -0.479 e. The quantitative estimate of drug-likeness (QED) is 0.299. The Bertz CT molecular complexity index is 220. The minimum atomic E-state index is -1.73. The fourth-order valence-corrected chi connectivity index (χ4v) is 1.16. The van der Waals surface area contributed by atoms with Gasteiger partial charge in [0.05, 0.1) is 0 Å². The van der Waals surface area contributed by atoms with E-state index in [4.69, 9.17) is 11.0 Å². The number of carbonyl (C=O) groups is 1. The van der Waals surface area contributed by atoms with Gasteiger partial charge in [0.2, 0.25) is 6.29 Å². The van der Waals surface area contributed by atoms with Gasteiger partial charge in [-0.1, -0.05) is 0 Å². The number of hydrogen-bond acceptors (Lipinski definition) is 7. The molecule has 0 aromatic heterocycles. The van der Waals surface area contributed by atoms with Crippen molar-refractivity contribution < 1.29 is 34.8 Å². The molecule has 8 heteroatoms. The van der Waals surface area contributed by atoms with Crippen LogP contribution in [0.1, 0.15) is 0 Å². The number of carboxylic acids is 1. The number of aliphatic hydroxyl groups is 3. The number of hydrogen-bond donors (Lipinski definition) is 5. The molecule has 1 aliphatic rings. The summed E-state index contributed by atoms with van der Waals surface area (Å²) in [5.74, 6) is 3.21. The van der Waals surface area contributed by atoms with Crippen molar-refractivity contribution >= 4 is 5.97 Å². The largest absolute Gasteiger partial charge is 0.479 e. The Balaban J connectivity index is 2.78. The van der Waals surface area contributed by atoms with Crippen molar-refractivity contribution in [2.24, 2.45) is 5.90 Å². The molecule has 14 heavy (non-hydrogen) atoms. The highest BCUT2D eigenvalue weighted by Gasteiger charge is 2.47. The third-order valence-corrected chi connectivity index (χ3v) is 1.95. The molecule has 0 aromatic carbocycles. The maximum absolute atomic E-state index is 10.5. The molecule has 0 aromatic rings. The maximum atomic E-state index is 10.5. The smallest absolute Gasteiger partial charge is 0.335 e. The van der Waals surface area contributed by atoms with Gasteiger partial charge in [0, 0.05) is 0 Å². The lowest BCUT2D eigenvalue weighted by molar-refractivity contribution is -0.295. The van der Waals surface area contributed by atoms with Crippen molar-refractivity contribution in [2.45, 2.75) is 30.7 Å². The normalized spacial score (nSPS) is 43.6. The molecule has 8 nitrogen and oxygen atoms in total. The molecule has 82 valence electrons. The van der Waals surface area contributed by atoms with Crippen LogP contribution >= 0.6 is 0 Å². The number of carboxylic acid groups (broad SMARTS) is 1. The molecule has 0 amide bonds. The van der Waals surface area contributed by atoms with Gasteiger partial charge in [-0.25, -0.2) is 10.7 Å². The van der Waals surface area contributed by atoms with Gasteiger partial charge in [0.25, 0.3) is 0 Å². The third kappa shape index (κ3) is 1.85. The first kappa shape index (κ1) is 11.3. The topological polar surface area (TPSA) is 142 Å².